The first-order valence-corrected chi connectivity index (χ1v) is 9.80. The molecule has 0 saturated carbocycles. The summed E-state index contributed by atoms with van der Waals surface area (Å²) < 4.78 is 0.983. The van der Waals surface area contributed by atoms with Crippen molar-refractivity contribution in [2.75, 3.05) is 29.9 Å². The van der Waals surface area contributed by atoms with E-state index >= 15 is 0 Å². The Balaban J connectivity index is 1.35. The van der Waals surface area contributed by atoms with Crippen molar-refractivity contribution in [1.29, 1.82) is 0 Å². The quantitative estimate of drug-likeness (QED) is 0.581. The van der Waals surface area contributed by atoms with E-state index in [0.29, 0.717) is 0 Å². The second-order valence-corrected chi connectivity index (χ2v) is 7.57. The van der Waals surface area contributed by atoms with Crippen molar-refractivity contribution in [3.8, 4) is 0 Å². The number of nitrogens with zero attached hydrogens (tertiary/aromatic N) is 3. The molecule has 3 heterocycles. The molecule has 4 rings (SSSR count). The van der Waals surface area contributed by atoms with Gasteiger partial charge in [0.15, 0.2) is 0 Å². The molecular formula is C19H21BrN6O. The maximum absolute atomic E-state index is 12.3. The van der Waals surface area contributed by atoms with Crippen molar-refractivity contribution in [1.82, 2.24) is 20.3 Å². The van der Waals surface area contributed by atoms with Gasteiger partial charge in [-0.25, -0.2) is 9.97 Å². The number of H-pyrrole nitrogens is 1. The Bertz CT molecular complexity index is 943. The molecule has 3 aromatic rings. The molecule has 1 fully saturated rings. The van der Waals surface area contributed by atoms with E-state index in [4.69, 9.17) is 0 Å². The number of rotatable bonds is 5. The average Bonchev–Trinajstić information content (AvgIpc) is 3.15. The first kappa shape index (κ1) is 17.8. The Kier molecular flexibility index (Phi) is 5.24. The maximum atomic E-state index is 12.3. The predicted molar refractivity (Wildman–Crippen MR) is 110 cm³/mol. The van der Waals surface area contributed by atoms with E-state index in [1.54, 1.807) is 6.33 Å². The highest BCUT2D eigenvalue weighted by atomic mass is 79.9. The van der Waals surface area contributed by atoms with Gasteiger partial charge in [-0.1, -0.05) is 22.0 Å². The lowest BCUT2D eigenvalue weighted by molar-refractivity contribution is -0.120. The lowest BCUT2D eigenvalue weighted by Gasteiger charge is -2.34. The molecule has 1 aliphatic rings. The Morgan fingerprint density at radius 3 is 3.15 bits per heavy atom. The zero-order valence-electron chi connectivity index (χ0n) is 14.8. The Morgan fingerprint density at radius 2 is 2.26 bits per heavy atom. The molecule has 7 nitrogen and oxygen atoms in total. The fraction of sp³-hybridized carbons (Fsp3) is 0.316. The van der Waals surface area contributed by atoms with E-state index in [1.165, 1.54) is 0 Å². The second-order valence-electron chi connectivity index (χ2n) is 6.65. The van der Waals surface area contributed by atoms with Crippen molar-refractivity contribution in [3.63, 3.8) is 0 Å². The molecule has 2 aromatic heterocycles. The van der Waals surface area contributed by atoms with Crippen LogP contribution in [0.2, 0.25) is 0 Å². The van der Waals surface area contributed by atoms with Gasteiger partial charge in [-0.3, -0.25) is 4.79 Å². The molecule has 1 aromatic carbocycles. The highest BCUT2D eigenvalue weighted by molar-refractivity contribution is 9.10. The number of aromatic amines is 1. The highest BCUT2D eigenvalue weighted by Gasteiger charge is 2.23. The zero-order chi connectivity index (χ0) is 18.6. The molecule has 0 radical (unpaired) electrons. The third kappa shape index (κ3) is 4.21. The van der Waals surface area contributed by atoms with Crippen LogP contribution in [0.15, 0.2) is 47.3 Å². The van der Waals surface area contributed by atoms with Gasteiger partial charge in [0.05, 0.1) is 11.9 Å². The molecule has 3 N–H and O–H groups in total. The van der Waals surface area contributed by atoms with Crippen molar-refractivity contribution in [2.24, 2.45) is 0 Å². The van der Waals surface area contributed by atoms with Crippen LogP contribution in [0.3, 0.4) is 0 Å². The van der Waals surface area contributed by atoms with Gasteiger partial charge in [-0.05, 0) is 37.1 Å². The number of hydrogen-bond acceptors (Lipinski definition) is 5. The normalized spacial score (nSPS) is 17.1. The average molecular weight is 429 g/mol. The zero-order valence-corrected chi connectivity index (χ0v) is 16.4. The lowest BCUT2D eigenvalue weighted by atomic mass is 10.1. The van der Waals surface area contributed by atoms with Gasteiger partial charge in [0.1, 0.15) is 17.8 Å². The van der Waals surface area contributed by atoms with Crippen LogP contribution in [0, 0.1) is 0 Å². The van der Waals surface area contributed by atoms with Gasteiger partial charge in [0.2, 0.25) is 5.91 Å². The smallest absolute Gasteiger partial charge is 0.239 e. The predicted octanol–water partition coefficient (Wildman–Crippen LogP) is 2.92. The fourth-order valence-electron chi connectivity index (χ4n) is 3.46. The van der Waals surface area contributed by atoms with E-state index in [9.17, 15) is 4.79 Å². The Hall–Kier alpha value is -2.61. The number of carbonyl (C=O) groups excluding carboxylic acids is 1. The molecule has 8 heteroatoms. The number of fused-ring (bicyclic) bond motifs is 1. The maximum Gasteiger partial charge on any atom is 0.239 e. The summed E-state index contributed by atoms with van der Waals surface area (Å²) in [5, 5.41) is 7.31. The van der Waals surface area contributed by atoms with Crippen LogP contribution in [0.5, 0.6) is 0 Å². The van der Waals surface area contributed by atoms with Crippen LogP contribution in [-0.4, -0.2) is 46.5 Å². The molecule has 140 valence electrons. The number of benzene rings is 1. The molecule has 0 aliphatic carbocycles. The molecular weight excluding hydrogens is 408 g/mol. The number of carbonyl (C=O) groups is 1. The number of anilines is 2. The number of hydrogen-bond donors (Lipinski definition) is 3. The van der Waals surface area contributed by atoms with E-state index < -0.39 is 0 Å². The molecule has 0 bridgehead atoms. The number of piperidine rings is 1. The second kappa shape index (κ2) is 7.96. The van der Waals surface area contributed by atoms with E-state index in [-0.39, 0.29) is 18.5 Å². The standard InChI is InChI=1S/C19H21BrN6O/c20-13-3-1-4-14(9-13)22-10-17(27)25-15-5-2-8-26(11-15)19-16-6-7-21-18(16)23-12-24-19/h1,3-4,6-7,9,12,15,22H,2,5,8,10-11H2,(H,25,27)(H,21,23,24). The van der Waals surface area contributed by atoms with Crippen LogP contribution in [0.1, 0.15) is 12.8 Å². The summed E-state index contributed by atoms with van der Waals surface area (Å²) in [4.78, 5) is 26.4. The monoisotopic (exact) mass is 428 g/mol. The number of amides is 1. The van der Waals surface area contributed by atoms with Gasteiger partial charge < -0.3 is 20.5 Å². The van der Waals surface area contributed by atoms with Crippen molar-refractivity contribution in [3.05, 3.63) is 47.3 Å². The third-order valence-corrected chi connectivity index (χ3v) is 5.19. The van der Waals surface area contributed by atoms with Crippen LogP contribution in [0.4, 0.5) is 11.5 Å². The summed E-state index contributed by atoms with van der Waals surface area (Å²) in [7, 11) is 0. The van der Waals surface area contributed by atoms with E-state index in [1.807, 2.05) is 36.5 Å². The summed E-state index contributed by atoms with van der Waals surface area (Å²) in [5.41, 5.74) is 1.75. The van der Waals surface area contributed by atoms with Gasteiger partial charge in [-0.15, -0.1) is 0 Å². The van der Waals surface area contributed by atoms with Crippen molar-refractivity contribution >= 4 is 44.4 Å². The minimum atomic E-state index is -0.00342. The SMILES string of the molecule is O=C(CNc1cccc(Br)c1)NC1CCCN(c2ncnc3[nH]ccc23)C1. The van der Waals surface area contributed by atoms with Crippen LogP contribution in [0.25, 0.3) is 11.0 Å². The van der Waals surface area contributed by atoms with E-state index in [0.717, 1.165) is 52.9 Å². The van der Waals surface area contributed by atoms with Gasteiger partial charge >= 0.3 is 0 Å². The molecule has 0 spiro atoms. The molecule has 1 atom stereocenters. The molecule has 1 amide bonds. The first-order chi connectivity index (χ1) is 13.2. The molecule has 1 unspecified atom stereocenters. The van der Waals surface area contributed by atoms with Crippen LogP contribution >= 0.6 is 15.9 Å². The Labute approximate surface area is 165 Å². The van der Waals surface area contributed by atoms with Crippen molar-refractivity contribution in [2.45, 2.75) is 18.9 Å². The number of aromatic nitrogens is 3. The summed E-state index contributed by atoms with van der Waals surface area (Å²) in [6.45, 7) is 1.93. The first-order valence-electron chi connectivity index (χ1n) is 9.01. The molecule has 1 saturated heterocycles. The number of nitrogens with one attached hydrogen (secondary N) is 3. The summed E-state index contributed by atoms with van der Waals surface area (Å²) in [6, 6.07) is 9.89. The molecule has 27 heavy (non-hydrogen) atoms. The van der Waals surface area contributed by atoms with E-state index in [2.05, 4.69) is 46.4 Å². The minimum Gasteiger partial charge on any atom is -0.376 e. The van der Waals surface area contributed by atoms with Crippen LogP contribution < -0.4 is 15.5 Å². The van der Waals surface area contributed by atoms with Gasteiger partial charge in [0, 0.05) is 35.5 Å². The number of halogens is 1. The topological polar surface area (TPSA) is 85.9 Å². The summed E-state index contributed by atoms with van der Waals surface area (Å²) in [6.07, 6.45) is 5.44. The minimum absolute atomic E-state index is 0.00342. The van der Waals surface area contributed by atoms with Crippen LogP contribution in [-0.2, 0) is 4.79 Å². The summed E-state index contributed by atoms with van der Waals surface area (Å²) >= 11 is 3.43. The van der Waals surface area contributed by atoms with Gasteiger partial charge in [-0.2, -0.15) is 0 Å². The lowest BCUT2D eigenvalue weighted by Crippen LogP contribution is -2.49. The third-order valence-electron chi connectivity index (χ3n) is 4.70. The Morgan fingerprint density at radius 1 is 1.33 bits per heavy atom. The van der Waals surface area contributed by atoms with Gasteiger partial charge in [0.25, 0.3) is 0 Å². The summed E-state index contributed by atoms with van der Waals surface area (Å²) in [5.74, 6) is 0.920. The highest BCUT2D eigenvalue weighted by Crippen LogP contribution is 2.25. The largest absolute Gasteiger partial charge is 0.376 e. The fourth-order valence-corrected chi connectivity index (χ4v) is 3.86. The van der Waals surface area contributed by atoms with Crippen molar-refractivity contribution < 1.29 is 4.79 Å². The molecule has 1 aliphatic heterocycles.